The zero-order chi connectivity index (χ0) is 10.3. The van der Waals surface area contributed by atoms with Gasteiger partial charge in [0.2, 0.25) is 0 Å². The Bertz CT molecular complexity index is 343. The zero-order valence-electron chi connectivity index (χ0n) is 8.69. The number of benzene rings is 1. The van der Waals surface area contributed by atoms with Crippen molar-refractivity contribution in [1.82, 2.24) is 5.06 Å². The first-order chi connectivity index (χ1) is 6.48. The summed E-state index contributed by atoms with van der Waals surface area (Å²) in [6, 6.07) is 7.17. The topological polar surface area (TPSA) is 35.8 Å². The average Bonchev–Trinajstić information content (AvgIpc) is 2.81. The molecule has 0 bridgehead atoms. The fourth-order valence-electron chi connectivity index (χ4n) is 1.46. The molecule has 1 heterocycles. The molecule has 1 aromatic carbocycles. The lowest BCUT2D eigenvalue weighted by molar-refractivity contribution is 0.101. The first kappa shape index (κ1) is 9.49. The van der Waals surface area contributed by atoms with Gasteiger partial charge in [0, 0.05) is 11.1 Å². The standard InChI is InChI=1S/C11H15NO2/c1-11(2,3)12-10(14-12)8-5-4-6-9(13)7-8/h4-7,10,13H,1-3H3/t10-,12?/m1/s1. The summed E-state index contributed by atoms with van der Waals surface area (Å²) in [5, 5.41) is 11.2. The summed E-state index contributed by atoms with van der Waals surface area (Å²) < 4.78 is 0. The maximum Gasteiger partial charge on any atom is 0.180 e. The van der Waals surface area contributed by atoms with Crippen LogP contribution in [-0.4, -0.2) is 15.7 Å². The van der Waals surface area contributed by atoms with Crippen molar-refractivity contribution in [1.29, 1.82) is 0 Å². The minimum atomic E-state index is 0.00194. The largest absolute Gasteiger partial charge is 0.508 e. The van der Waals surface area contributed by atoms with Gasteiger partial charge >= 0.3 is 0 Å². The highest BCUT2D eigenvalue weighted by Gasteiger charge is 2.45. The highest BCUT2D eigenvalue weighted by molar-refractivity contribution is 5.29. The van der Waals surface area contributed by atoms with Crippen LogP contribution in [-0.2, 0) is 4.84 Å². The quantitative estimate of drug-likeness (QED) is 0.696. The van der Waals surface area contributed by atoms with Crippen molar-refractivity contribution < 1.29 is 9.94 Å². The Hall–Kier alpha value is -1.06. The highest BCUT2D eigenvalue weighted by Crippen LogP contribution is 2.43. The number of hydroxylamine groups is 2. The summed E-state index contributed by atoms with van der Waals surface area (Å²) in [6.45, 7) is 6.28. The molecule has 1 saturated heterocycles. The van der Waals surface area contributed by atoms with Crippen molar-refractivity contribution in [3.63, 3.8) is 0 Å². The molecule has 1 aliphatic rings. The second-order valence-electron chi connectivity index (χ2n) is 4.55. The average molecular weight is 193 g/mol. The first-order valence-electron chi connectivity index (χ1n) is 4.73. The van der Waals surface area contributed by atoms with Crippen molar-refractivity contribution in [3.05, 3.63) is 29.8 Å². The fourth-order valence-corrected chi connectivity index (χ4v) is 1.46. The molecule has 14 heavy (non-hydrogen) atoms. The second kappa shape index (κ2) is 2.97. The van der Waals surface area contributed by atoms with Crippen LogP contribution in [0.3, 0.4) is 0 Å². The Balaban J connectivity index is 2.14. The molecule has 2 rings (SSSR count). The Kier molecular flexibility index (Phi) is 2.01. The molecule has 1 aliphatic heterocycles. The summed E-state index contributed by atoms with van der Waals surface area (Å²) in [6.07, 6.45) is 0.00194. The number of phenols is 1. The predicted molar refractivity (Wildman–Crippen MR) is 53.5 cm³/mol. The SMILES string of the molecule is CC(C)(C)N1O[C@@H]1c1cccc(O)c1. The van der Waals surface area contributed by atoms with Crippen molar-refractivity contribution in [2.45, 2.75) is 32.5 Å². The van der Waals surface area contributed by atoms with E-state index in [-0.39, 0.29) is 17.5 Å². The number of rotatable bonds is 1. The zero-order valence-corrected chi connectivity index (χ0v) is 8.69. The molecule has 1 N–H and O–H groups in total. The van der Waals surface area contributed by atoms with Crippen molar-refractivity contribution in [2.24, 2.45) is 0 Å². The predicted octanol–water partition coefficient (Wildman–Crippen LogP) is 2.44. The summed E-state index contributed by atoms with van der Waals surface area (Å²) in [5.74, 6) is 0.284. The molecule has 2 atom stereocenters. The summed E-state index contributed by atoms with van der Waals surface area (Å²) in [7, 11) is 0. The molecule has 0 saturated carbocycles. The molecular formula is C11H15NO2. The van der Waals surface area contributed by atoms with E-state index in [0.29, 0.717) is 0 Å². The fraction of sp³-hybridized carbons (Fsp3) is 0.455. The van der Waals surface area contributed by atoms with Gasteiger partial charge in [0.15, 0.2) is 6.23 Å². The van der Waals surface area contributed by atoms with Crippen LogP contribution in [0, 0.1) is 0 Å². The van der Waals surface area contributed by atoms with Gasteiger partial charge in [0.05, 0.1) is 0 Å². The third-order valence-electron chi connectivity index (χ3n) is 2.20. The van der Waals surface area contributed by atoms with Gasteiger partial charge < -0.3 is 5.11 Å². The Morgan fingerprint density at radius 3 is 2.57 bits per heavy atom. The van der Waals surface area contributed by atoms with Gasteiger partial charge in [-0.3, -0.25) is 4.84 Å². The van der Waals surface area contributed by atoms with Gasteiger partial charge in [-0.2, -0.15) is 0 Å². The van der Waals surface area contributed by atoms with Crippen LogP contribution < -0.4 is 0 Å². The van der Waals surface area contributed by atoms with E-state index in [4.69, 9.17) is 4.84 Å². The molecule has 0 aromatic heterocycles. The van der Waals surface area contributed by atoms with E-state index < -0.39 is 0 Å². The van der Waals surface area contributed by atoms with Crippen LogP contribution in [0.5, 0.6) is 5.75 Å². The third-order valence-corrected chi connectivity index (χ3v) is 2.20. The monoisotopic (exact) mass is 193 g/mol. The lowest BCUT2D eigenvalue weighted by Gasteiger charge is -2.16. The van der Waals surface area contributed by atoms with Crippen LogP contribution in [0.1, 0.15) is 32.6 Å². The van der Waals surface area contributed by atoms with E-state index in [1.807, 2.05) is 17.2 Å². The first-order valence-corrected chi connectivity index (χ1v) is 4.73. The van der Waals surface area contributed by atoms with Gasteiger partial charge in [-0.05, 0) is 32.9 Å². The van der Waals surface area contributed by atoms with E-state index >= 15 is 0 Å². The molecule has 3 nitrogen and oxygen atoms in total. The third kappa shape index (κ3) is 1.74. The van der Waals surface area contributed by atoms with E-state index in [1.165, 1.54) is 0 Å². The van der Waals surface area contributed by atoms with E-state index in [0.717, 1.165) is 5.56 Å². The van der Waals surface area contributed by atoms with Crippen molar-refractivity contribution in [2.75, 3.05) is 0 Å². The number of hydrogen-bond acceptors (Lipinski definition) is 3. The molecule has 0 amide bonds. The molecular weight excluding hydrogens is 178 g/mol. The van der Waals surface area contributed by atoms with Gasteiger partial charge in [-0.25, -0.2) is 0 Å². The van der Waals surface area contributed by atoms with Crippen LogP contribution >= 0.6 is 0 Å². The Morgan fingerprint density at radius 2 is 2.07 bits per heavy atom. The smallest absolute Gasteiger partial charge is 0.180 e. The summed E-state index contributed by atoms with van der Waals surface area (Å²) >= 11 is 0. The number of phenolic OH excluding ortho intramolecular Hbond substituents is 1. The van der Waals surface area contributed by atoms with Gasteiger partial charge in [-0.1, -0.05) is 12.1 Å². The van der Waals surface area contributed by atoms with Crippen LogP contribution in [0.25, 0.3) is 0 Å². The minimum absolute atomic E-state index is 0.00194. The summed E-state index contributed by atoms with van der Waals surface area (Å²) in [4.78, 5) is 5.44. The molecule has 0 spiro atoms. The molecule has 0 aliphatic carbocycles. The van der Waals surface area contributed by atoms with Crippen molar-refractivity contribution in [3.8, 4) is 5.75 Å². The molecule has 3 heteroatoms. The summed E-state index contributed by atoms with van der Waals surface area (Å²) in [5.41, 5.74) is 1.01. The lowest BCUT2D eigenvalue weighted by atomic mass is 10.1. The van der Waals surface area contributed by atoms with Crippen LogP contribution in [0.15, 0.2) is 24.3 Å². The second-order valence-corrected chi connectivity index (χ2v) is 4.55. The maximum absolute atomic E-state index is 9.30. The van der Waals surface area contributed by atoms with E-state index in [9.17, 15) is 5.11 Å². The van der Waals surface area contributed by atoms with Crippen LogP contribution in [0.2, 0.25) is 0 Å². The molecule has 1 fully saturated rings. The van der Waals surface area contributed by atoms with Crippen molar-refractivity contribution >= 4 is 0 Å². The molecule has 0 radical (unpaired) electrons. The Labute approximate surface area is 83.9 Å². The van der Waals surface area contributed by atoms with E-state index in [1.54, 1.807) is 12.1 Å². The normalized spacial score (nSPS) is 26.2. The molecule has 76 valence electrons. The number of aromatic hydroxyl groups is 1. The molecule has 1 unspecified atom stereocenters. The van der Waals surface area contributed by atoms with Gasteiger partial charge in [-0.15, -0.1) is 5.06 Å². The lowest BCUT2D eigenvalue weighted by Crippen LogP contribution is -2.25. The number of nitrogens with zero attached hydrogens (tertiary/aromatic N) is 1. The number of hydrogen-bond donors (Lipinski definition) is 1. The maximum atomic E-state index is 9.30. The van der Waals surface area contributed by atoms with Gasteiger partial charge in [0.1, 0.15) is 5.75 Å². The Morgan fingerprint density at radius 1 is 1.36 bits per heavy atom. The minimum Gasteiger partial charge on any atom is -0.508 e. The van der Waals surface area contributed by atoms with E-state index in [2.05, 4.69) is 20.8 Å². The highest BCUT2D eigenvalue weighted by atomic mass is 16.8. The van der Waals surface area contributed by atoms with Gasteiger partial charge in [0.25, 0.3) is 0 Å². The van der Waals surface area contributed by atoms with Crippen LogP contribution in [0.4, 0.5) is 0 Å². The molecule has 1 aromatic rings.